The molecule has 0 unspecified atom stereocenters. The van der Waals surface area contributed by atoms with Crippen molar-refractivity contribution in [2.75, 3.05) is 20.1 Å². The molecule has 0 aromatic carbocycles. The van der Waals surface area contributed by atoms with E-state index < -0.39 is 12.1 Å². The predicted molar refractivity (Wildman–Crippen MR) is 70.3 cm³/mol. The normalized spacial score (nSPS) is 23.6. The first kappa shape index (κ1) is 18.5. The Kier molecular flexibility index (Phi) is 8.41. The molecule has 1 amide bonds. The molecule has 0 heterocycles. The molecule has 0 spiro atoms. The molecule has 1 aliphatic rings. The fraction of sp³-hybridized carbons (Fsp3) is 0.917. The van der Waals surface area contributed by atoms with E-state index >= 15 is 0 Å². The van der Waals surface area contributed by atoms with Gasteiger partial charge in [0, 0.05) is 19.5 Å². The standard InChI is InChI=1S/C12H21F3N2O.ClH/c1-16-7-6-11(18)17-8-9-2-4-10(5-3-9)12(13,14)15;/h9-10,16H,2-8H2,1H3,(H,17,18);1H. The van der Waals surface area contributed by atoms with Crippen molar-refractivity contribution >= 4 is 18.3 Å². The van der Waals surface area contributed by atoms with E-state index in [0.717, 1.165) is 0 Å². The van der Waals surface area contributed by atoms with E-state index in [4.69, 9.17) is 0 Å². The lowest BCUT2D eigenvalue weighted by molar-refractivity contribution is -0.183. The van der Waals surface area contributed by atoms with Gasteiger partial charge in [0.05, 0.1) is 5.92 Å². The summed E-state index contributed by atoms with van der Waals surface area (Å²) in [7, 11) is 1.77. The van der Waals surface area contributed by atoms with E-state index in [1.807, 2.05) is 0 Å². The predicted octanol–water partition coefficient (Wildman–Crippen LogP) is 2.50. The Bertz CT molecular complexity index is 266. The molecule has 19 heavy (non-hydrogen) atoms. The van der Waals surface area contributed by atoms with Gasteiger partial charge in [0.15, 0.2) is 0 Å². The van der Waals surface area contributed by atoms with Crippen LogP contribution in [0.4, 0.5) is 13.2 Å². The van der Waals surface area contributed by atoms with Crippen molar-refractivity contribution in [2.45, 2.75) is 38.3 Å². The van der Waals surface area contributed by atoms with Gasteiger partial charge in [0.1, 0.15) is 0 Å². The Hall–Kier alpha value is -0.490. The Morgan fingerprint density at radius 1 is 1.21 bits per heavy atom. The zero-order chi connectivity index (χ0) is 13.6. The lowest BCUT2D eigenvalue weighted by Crippen LogP contribution is -2.34. The molecule has 0 bridgehead atoms. The molecular weight excluding hydrogens is 281 g/mol. The third kappa shape index (κ3) is 7.01. The van der Waals surface area contributed by atoms with Crippen molar-refractivity contribution in [3.05, 3.63) is 0 Å². The van der Waals surface area contributed by atoms with Crippen molar-refractivity contribution in [2.24, 2.45) is 11.8 Å². The summed E-state index contributed by atoms with van der Waals surface area (Å²) in [4.78, 5) is 11.3. The van der Waals surface area contributed by atoms with Gasteiger partial charge in [-0.15, -0.1) is 12.4 Å². The van der Waals surface area contributed by atoms with E-state index in [1.54, 1.807) is 7.05 Å². The molecule has 2 N–H and O–H groups in total. The van der Waals surface area contributed by atoms with Crippen molar-refractivity contribution < 1.29 is 18.0 Å². The van der Waals surface area contributed by atoms with Gasteiger partial charge in [-0.3, -0.25) is 4.79 Å². The molecule has 1 saturated carbocycles. The Morgan fingerprint density at radius 2 is 1.79 bits per heavy atom. The second-order valence-corrected chi connectivity index (χ2v) is 4.92. The lowest BCUT2D eigenvalue weighted by Gasteiger charge is -2.29. The molecule has 1 fully saturated rings. The monoisotopic (exact) mass is 302 g/mol. The molecule has 0 aromatic rings. The van der Waals surface area contributed by atoms with E-state index in [9.17, 15) is 18.0 Å². The smallest absolute Gasteiger partial charge is 0.356 e. The summed E-state index contributed by atoms with van der Waals surface area (Å²) in [6.07, 6.45) is -2.15. The number of hydrogen-bond donors (Lipinski definition) is 2. The Labute approximate surface area is 118 Å². The molecule has 0 aliphatic heterocycles. The van der Waals surface area contributed by atoms with Gasteiger partial charge in [-0.05, 0) is 38.6 Å². The first-order chi connectivity index (χ1) is 8.43. The highest BCUT2D eigenvalue weighted by Crippen LogP contribution is 2.39. The molecule has 3 nitrogen and oxygen atoms in total. The van der Waals surface area contributed by atoms with Gasteiger partial charge < -0.3 is 10.6 Å². The number of nitrogens with one attached hydrogen (secondary N) is 2. The van der Waals surface area contributed by atoms with E-state index in [-0.39, 0.29) is 37.1 Å². The minimum absolute atomic E-state index is 0. The van der Waals surface area contributed by atoms with Crippen LogP contribution >= 0.6 is 12.4 Å². The number of halogens is 4. The fourth-order valence-corrected chi connectivity index (χ4v) is 2.28. The minimum Gasteiger partial charge on any atom is -0.356 e. The fourth-order valence-electron chi connectivity index (χ4n) is 2.28. The maximum absolute atomic E-state index is 12.4. The average molecular weight is 303 g/mol. The SMILES string of the molecule is CNCCC(=O)NCC1CCC(C(F)(F)F)CC1.Cl. The summed E-state index contributed by atoms with van der Waals surface area (Å²) in [5, 5.41) is 5.65. The first-order valence-electron chi connectivity index (χ1n) is 6.41. The highest BCUT2D eigenvalue weighted by Gasteiger charge is 2.41. The maximum Gasteiger partial charge on any atom is 0.391 e. The number of alkyl halides is 3. The minimum atomic E-state index is -4.05. The molecular formula is C12H22ClF3N2O. The van der Waals surface area contributed by atoms with Gasteiger partial charge >= 0.3 is 6.18 Å². The summed E-state index contributed by atoms with van der Waals surface area (Å²) >= 11 is 0. The highest BCUT2D eigenvalue weighted by atomic mass is 35.5. The van der Waals surface area contributed by atoms with Gasteiger partial charge in [-0.25, -0.2) is 0 Å². The second kappa shape index (κ2) is 8.64. The van der Waals surface area contributed by atoms with Crippen LogP contribution in [0.2, 0.25) is 0 Å². The summed E-state index contributed by atoms with van der Waals surface area (Å²) < 4.78 is 37.3. The molecule has 0 aromatic heterocycles. The number of amides is 1. The molecule has 0 saturated heterocycles. The molecule has 0 atom stereocenters. The van der Waals surface area contributed by atoms with Crippen molar-refractivity contribution in [1.82, 2.24) is 10.6 Å². The summed E-state index contributed by atoms with van der Waals surface area (Å²) in [5.74, 6) is -0.988. The van der Waals surface area contributed by atoms with Crippen LogP contribution in [-0.2, 0) is 4.79 Å². The van der Waals surface area contributed by atoms with Crippen LogP contribution in [0.1, 0.15) is 32.1 Å². The third-order valence-corrected chi connectivity index (χ3v) is 3.50. The maximum atomic E-state index is 12.4. The molecule has 114 valence electrons. The van der Waals surface area contributed by atoms with Crippen molar-refractivity contribution in [3.8, 4) is 0 Å². The largest absolute Gasteiger partial charge is 0.391 e. The number of carbonyl (C=O) groups is 1. The van der Waals surface area contributed by atoms with Crippen LogP contribution < -0.4 is 10.6 Å². The highest BCUT2D eigenvalue weighted by molar-refractivity contribution is 5.85. The van der Waals surface area contributed by atoms with E-state index in [2.05, 4.69) is 10.6 Å². The second-order valence-electron chi connectivity index (χ2n) is 4.92. The van der Waals surface area contributed by atoms with Gasteiger partial charge in [0.25, 0.3) is 0 Å². The van der Waals surface area contributed by atoms with Gasteiger partial charge in [0.2, 0.25) is 5.91 Å². The van der Waals surface area contributed by atoms with Crippen LogP contribution in [-0.4, -0.2) is 32.2 Å². The van der Waals surface area contributed by atoms with Crippen LogP contribution in [0, 0.1) is 11.8 Å². The van der Waals surface area contributed by atoms with Crippen molar-refractivity contribution in [1.29, 1.82) is 0 Å². The number of carbonyl (C=O) groups excluding carboxylic acids is 1. The van der Waals surface area contributed by atoms with Crippen LogP contribution in [0.3, 0.4) is 0 Å². The third-order valence-electron chi connectivity index (χ3n) is 3.50. The molecule has 1 rings (SSSR count). The van der Waals surface area contributed by atoms with Crippen LogP contribution in [0.5, 0.6) is 0 Å². The zero-order valence-corrected chi connectivity index (χ0v) is 11.9. The summed E-state index contributed by atoms with van der Waals surface area (Å²) in [6.45, 7) is 1.12. The van der Waals surface area contributed by atoms with E-state index in [1.165, 1.54) is 0 Å². The Morgan fingerprint density at radius 3 is 2.26 bits per heavy atom. The zero-order valence-electron chi connectivity index (χ0n) is 11.1. The summed E-state index contributed by atoms with van der Waals surface area (Å²) in [5.41, 5.74) is 0. The molecule has 0 radical (unpaired) electrons. The first-order valence-corrected chi connectivity index (χ1v) is 6.41. The van der Waals surface area contributed by atoms with Crippen LogP contribution in [0.25, 0.3) is 0 Å². The van der Waals surface area contributed by atoms with E-state index in [0.29, 0.717) is 32.4 Å². The quantitative estimate of drug-likeness (QED) is 0.819. The van der Waals surface area contributed by atoms with Crippen molar-refractivity contribution in [3.63, 3.8) is 0 Å². The average Bonchev–Trinajstić information content (AvgIpc) is 2.33. The van der Waals surface area contributed by atoms with Crippen LogP contribution in [0.15, 0.2) is 0 Å². The molecule has 7 heteroatoms. The number of hydrogen-bond acceptors (Lipinski definition) is 2. The molecule has 1 aliphatic carbocycles. The number of rotatable bonds is 5. The lowest BCUT2D eigenvalue weighted by atomic mass is 9.81. The summed E-state index contributed by atoms with van der Waals surface area (Å²) in [6, 6.07) is 0. The topological polar surface area (TPSA) is 41.1 Å². The van der Waals surface area contributed by atoms with Gasteiger partial charge in [-0.2, -0.15) is 13.2 Å². The van der Waals surface area contributed by atoms with Gasteiger partial charge in [-0.1, -0.05) is 0 Å². The Balaban J connectivity index is 0.00000324.